The smallest absolute Gasteiger partial charge is 0.290 e. The fourth-order valence-corrected chi connectivity index (χ4v) is 7.80. The van der Waals surface area contributed by atoms with E-state index < -0.39 is 38.4 Å². The Morgan fingerprint density at radius 1 is 1.18 bits per heavy atom. The molecule has 1 aliphatic carbocycles. The summed E-state index contributed by atoms with van der Waals surface area (Å²) in [6, 6.07) is 6.90. The molecule has 2 N–H and O–H groups in total. The van der Waals surface area contributed by atoms with Gasteiger partial charge in [-0.05, 0) is 63.4 Å². The van der Waals surface area contributed by atoms with Gasteiger partial charge in [0.05, 0.1) is 41.3 Å². The number of amides is 2. The lowest BCUT2D eigenvalue weighted by Gasteiger charge is -2.37. The molecule has 2 aliphatic heterocycles. The number of likely N-dealkylation sites (tertiary alicyclic amines) is 1. The van der Waals surface area contributed by atoms with Crippen LogP contribution < -0.4 is 5.32 Å². The van der Waals surface area contributed by atoms with Crippen molar-refractivity contribution in [3.8, 4) is 6.07 Å². The molecular formula is C26H35ClN4O7S. The van der Waals surface area contributed by atoms with Crippen molar-refractivity contribution in [3.05, 3.63) is 28.8 Å². The van der Waals surface area contributed by atoms with Crippen molar-refractivity contribution >= 4 is 39.7 Å². The van der Waals surface area contributed by atoms with Gasteiger partial charge >= 0.3 is 0 Å². The van der Waals surface area contributed by atoms with Crippen LogP contribution in [0.1, 0.15) is 31.2 Å². The summed E-state index contributed by atoms with van der Waals surface area (Å²) in [6.07, 6.45) is 1.04. The van der Waals surface area contributed by atoms with Crippen LogP contribution in [0.15, 0.2) is 23.1 Å². The normalized spacial score (nSPS) is 25.1. The van der Waals surface area contributed by atoms with Crippen molar-refractivity contribution in [1.29, 1.82) is 5.26 Å². The quantitative estimate of drug-likeness (QED) is 0.491. The maximum Gasteiger partial charge on any atom is 0.290 e. The number of piperidine rings is 1. The standard InChI is InChI=1S/C25H33ClN4O5S.CH2O2/c1-17-13-18(26)3-4-22(17)36(33,34)19-14-20(21(15-19)24(32)30-9-11-35-12-10-30)23(31)28-25(16-27)5-7-29(2)8-6-25;2-1-3/h3-4,13,19-21H,5-12,14-15H2,1-2H3,(H,28,31);1H,(H,2,3)/t19-,20-,21-;/m1./s1. The zero-order valence-electron chi connectivity index (χ0n) is 22.1. The molecule has 2 amide bonds. The molecule has 2 saturated heterocycles. The molecule has 0 spiro atoms. The second-order valence-electron chi connectivity index (χ2n) is 10.3. The molecule has 11 nitrogen and oxygen atoms in total. The Balaban J connectivity index is 0.00000134. The highest BCUT2D eigenvalue weighted by Crippen LogP contribution is 2.41. The molecule has 3 atom stereocenters. The fraction of sp³-hybridized carbons (Fsp3) is 0.615. The first-order chi connectivity index (χ1) is 18.5. The lowest BCUT2D eigenvalue weighted by atomic mass is 9.86. The zero-order valence-corrected chi connectivity index (χ0v) is 23.7. The van der Waals surface area contributed by atoms with Crippen LogP contribution in [-0.2, 0) is 29.0 Å². The number of nitrogens with zero attached hydrogens (tertiary/aromatic N) is 3. The van der Waals surface area contributed by atoms with Gasteiger partial charge in [0.2, 0.25) is 11.8 Å². The van der Waals surface area contributed by atoms with Crippen LogP contribution in [0.2, 0.25) is 5.02 Å². The molecule has 214 valence electrons. The summed E-state index contributed by atoms with van der Waals surface area (Å²) in [4.78, 5) is 39.4. The second kappa shape index (κ2) is 13.1. The molecule has 3 fully saturated rings. The summed E-state index contributed by atoms with van der Waals surface area (Å²) in [5, 5.41) is 19.3. The Bertz CT molecular complexity index is 1210. The maximum atomic E-state index is 13.6. The van der Waals surface area contributed by atoms with Crippen LogP contribution in [-0.4, -0.2) is 98.8 Å². The third-order valence-electron chi connectivity index (χ3n) is 7.80. The predicted octanol–water partition coefficient (Wildman–Crippen LogP) is 1.48. The number of carboxylic acid groups (broad SMARTS) is 1. The molecule has 0 radical (unpaired) electrons. The Morgan fingerprint density at radius 2 is 1.77 bits per heavy atom. The third kappa shape index (κ3) is 7.08. The molecule has 13 heteroatoms. The zero-order chi connectivity index (χ0) is 28.8. The van der Waals surface area contributed by atoms with E-state index in [0.29, 0.717) is 62.8 Å². The predicted molar refractivity (Wildman–Crippen MR) is 143 cm³/mol. The van der Waals surface area contributed by atoms with Crippen LogP contribution >= 0.6 is 11.6 Å². The van der Waals surface area contributed by atoms with Crippen molar-refractivity contribution in [2.75, 3.05) is 46.4 Å². The minimum atomic E-state index is -3.82. The fourth-order valence-electron chi connectivity index (χ4n) is 5.53. The van der Waals surface area contributed by atoms with Crippen molar-refractivity contribution in [2.24, 2.45) is 11.8 Å². The number of benzene rings is 1. The summed E-state index contributed by atoms with van der Waals surface area (Å²) in [6.45, 7) is 4.41. The van der Waals surface area contributed by atoms with Crippen LogP contribution in [0.5, 0.6) is 0 Å². The van der Waals surface area contributed by atoms with E-state index in [2.05, 4.69) is 16.3 Å². The van der Waals surface area contributed by atoms with E-state index >= 15 is 0 Å². The highest BCUT2D eigenvalue weighted by molar-refractivity contribution is 7.92. The number of sulfone groups is 1. The van der Waals surface area contributed by atoms with Crippen molar-refractivity contribution in [2.45, 2.75) is 48.3 Å². The number of carbonyl (C=O) groups is 3. The number of nitrogens with one attached hydrogen (secondary N) is 1. The first-order valence-corrected chi connectivity index (χ1v) is 14.8. The molecule has 39 heavy (non-hydrogen) atoms. The van der Waals surface area contributed by atoms with E-state index in [-0.39, 0.29) is 30.1 Å². The number of morpholine rings is 1. The van der Waals surface area contributed by atoms with Gasteiger partial charge in [0.15, 0.2) is 9.84 Å². The van der Waals surface area contributed by atoms with E-state index in [0.717, 1.165) is 0 Å². The summed E-state index contributed by atoms with van der Waals surface area (Å²) >= 11 is 6.03. The lowest BCUT2D eigenvalue weighted by molar-refractivity contribution is -0.144. The lowest BCUT2D eigenvalue weighted by Crippen LogP contribution is -2.56. The molecule has 1 saturated carbocycles. The van der Waals surface area contributed by atoms with Crippen LogP contribution in [0.4, 0.5) is 0 Å². The Labute approximate surface area is 234 Å². The molecule has 3 aliphatic rings. The van der Waals surface area contributed by atoms with E-state index in [9.17, 15) is 23.3 Å². The number of ether oxygens (including phenoxy) is 1. The van der Waals surface area contributed by atoms with Crippen LogP contribution in [0.3, 0.4) is 0 Å². The van der Waals surface area contributed by atoms with Gasteiger partial charge in [-0.3, -0.25) is 14.4 Å². The molecule has 4 rings (SSSR count). The molecular weight excluding hydrogens is 548 g/mol. The molecule has 0 unspecified atom stereocenters. The number of hydrogen-bond acceptors (Lipinski definition) is 8. The number of aryl methyl sites for hydroxylation is 1. The average Bonchev–Trinajstić information content (AvgIpc) is 3.37. The van der Waals surface area contributed by atoms with E-state index in [4.69, 9.17) is 26.2 Å². The molecule has 2 heterocycles. The summed E-state index contributed by atoms with van der Waals surface area (Å²) in [7, 11) is -1.85. The van der Waals surface area contributed by atoms with Crippen LogP contribution in [0.25, 0.3) is 0 Å². The summed E-state index contributed by atoms with van der Waals surface area (Å²) < 4.78 is 32.7. The molecule has 0 bridgehead atoms. The summed E-state index contributed by atoms with van der Waals surface area (Å²) in [5.41, 5.74) is -0.485. The summed E-state index contributed by atoms with van der Waals surface area (Å²) in [5.74, 6) is -2.26. The maximum absolute atomic E-state index is 13.6. The van der Waals surface area contributed by atoms with Crippen molar-refractivity contribution < 1.29 is 32.6 Å². The highest BCUT2D eigenvalue weighted by atomic mass is 35.5. The van der Waals surface area contributed by atoms with Gasteiger partial charge in [-0.2, -0.15) is 5.26 Å². The average molecular weight is 583 g/mol. The van der Waals surface area contributed by atoms with Gasteiger partial charge in [-0.25, -0.2) is 8.42 Å². The van der Waals surface area contributed by atoms with Gasteiger partial charge < -0.3 is 25.0 Å². The number of nitriles is 1. The highest BCUT2D eigenvalue weighted by Gasteiger charge is 2.50. The number of halogens is 1. The van der Waals surface area contributed by atoms with Gasteiger partial charge in [0, 0.05) is 31.2 Å². The third-order valence-corrected chi connectivity index (χ3v) is 10.4. The van der Waals surface area contributed by atoms with E-state index in [1.54, 1.807) is 17.9 Å². The number of carbonyl (C=O) groups excluding carboxylic acids is 2. The van der Waals surface area contributed by atoms with Gasteiger partial charge in [0.25, 0.3) is 6.47 Å². The Kier molecular flexibility index (Phi) is 10.3. The second-order valence-corrected chi connectivity index (χ2v) is 12.9. The minimum Gasteiger partial charge on any atom is -0.483 e. The SMILES string of the molecule is Cc1cc(Cl)ccc1S(=O)(=O)[C@@H]1C[C@@H](C(=O)NC2(C#N)CCN(C)CC2)[C@H](C(=O)N2CCOCC2)C1.O=CO. The van der Waals surface area contributed by atoms with Crippen molar-refractivity contribution in [1.82, 2.24) is 15.1 Å². The largest absolute Gasteiger partial charge is 0.483 e. The van der Waals surface area contributed by atoms with Gasteiger partial charge in [-0.15, -0.1) is 0 Å². The Morgan fingerprint density at radius 3 is 2.33 bits per heavy atom. The minimum absolute atomic E-state index is 0.0262. The van der Waals surface area contributed by atoms with E-state index in [1.165, 1.54) is 12.1 Å². The van der Waals surface area contributed by atoms with Gasteiger partial charge in [0.1, 0.15) is 5.54 Å². The number of hydrogen-bond donors (Lipinski definition) is 2. The van der Waals surface area contributed by atoms with Crippen LogP contribution in [0, 0.1) is 30.1 Å². The number of rotatable bonds is 5. The van der Waals surface area contributed by atoms with Crippen molar-refractivity contribution in [3.63, 3.8) is 0 Å². The van der Waals surface area contributed by atoms with E-state index in [1.807, 2.05) is 7.05 Å². The Hall–Kier alpha value is -2.72. The molecule has 1 aromatic rings. The first-order valence-electron chi connectivity index (χ1n) is 12.8. The monoisotopic (exact) mass is 582 g/mol. The van der Waals surface area contributed by atoms with Gasteiger partial charge in [-0.1, -0.05) is 11.6 Å². The molecule has 1 aromatic carbocycles. The topological polar surface area (TPSA) is 157 Å². The first kappa shape index (κ1) is 30.8. The molecule has 0 aromatic heterocycles.